The number of hydrogen-bond donors (Lipinski definition) is 2. The van der Waals surface area contributed by atoms with Crippen LogP contribution in [0.15, 0.2) is 35.1 Å². The lowest BCUT2D eigenvalue weighted by atomic mass is 10.2. The molecule has 0 aliphatic heterocycles. The quantitative estimate of drug-likeness (QED) is 0.824. The molecule has 0 saturated carbocycles. The molecular formula is C13H14N2O4. The Morgan fingerprint density at radius 1 is 1.26 bits per heavy atom. The predicted molar refractivity (Wildman–Crippen MR) is 70.6 cm³/mol. The van der Waals surface area contributed by atoms with Gasteiger partial charge in [0.1, 0.15) is 6.26 Å². The van der Waals surface area contributed by atoms with Gasteiger partial charge in [0, 0.05) is 12.1 Å². The fourth-order valence-electron chi connectivity index (χ4n) is 1.59. The Hall–Kier alpha value is -2.63. The van der Waals surface area contributed by atoms with Gasteiger partial charge in [0.15, 0.2) is 11.5 Å². The molecule has 0 bridgehead atoms. The summed E-state index contributed by atoms with van der Waals surface area (Å²) < 4.78 is 15.1. The standard InChI is InChI=1S/C13H14N2O4/c1-17-11-5-9(14)10(6-12(11)18-2)15-13(16)8-3-4-19-7-8/h3-7H,14H2,1-2H3,(H,15,16). The minimum atomic E-state index is -0.312. The molecule has 6 nitrogen and oxygen atoms in total. The maximum absolute atomic E-state index is 11.9. The van der Waals surface area contributed by atoms with E-state index in [-0.39, 0.29) is 5.91 Å². The fourth-order valence-corrected chi connectivity index (χ4v) is 1.59. The first kappa shape index (κ1) is 12.8. The van der Waals surface area contributed by atoms with Crippen LogP contribution in [0.2, 0.25) is 0 Å². The number of ether oxygens (including phenoxy) is 2. The van der Waals surface area contributed by atoms with E-state index in [1.54, 1.807) is 18.2 Å². The van der Waals surface area contributed by atoms with Crippen LogP contribution in [0, 0.1) is 0 Å². The number of hydrogen-bond acceptors (Lipinski definition) is 5. The van der Waals surface area contributed by atoms with Gasteiger partial charge >= 0.3 is 0 Å². The minimum Gasteiger partial charge on any atom is -0.493 e. The van der Waals surface area contributed by atoms with Gasteiger partial charge in [-0.3, -0.25) is 4.79 Å². The highest BCUT2D eigenvalue weighted by atomic mass is 16.5. The third-order valence-corrected chi connectivity index (χ3v) is 2.59. The van der Waals surface area contributed by atoms with Crippen molar-refractivity contribution in [1.82, 2.24) is 0 Å². The molecule has 6 heteroatoms. The van der Waals surface area contributed by atoms with Crippen LogP contribution in [0.3, 0.4) is 0 Å². The van der Waals surface area contributed by atoms with Crippen LogP contribution in [0.1, 0.15) is 10.4 Å². The summed E-state index contributed by atoms with van der Waals surface area (Å²) in [7, 11) is 3.02. The second-order valence-corrected chi connectivity index (χ2v) is 3.76. The van der Waals surface area contributed by atoms with E-state index < -0.39 is 0 Å². The average Bonchev–Trinajstić information content (AvgIpc) is 2.94. The summed E-state index contributed by atoms with van der Waals surface area (Å²) in [5.41, 5.74) is 7.09. The Morgan fingerprint density at radius 2 is 1.95 bits per heavy atom. The zero-order chi connectivity index (χ0) is 13.8. The summed E-state index contributed by atoms with van der Waals surface area (Å²) in [4.78, 5) is 11.9. The first-order valence-electron chi connectivity index (χ1n) is 5.50. The highest BCUT2D eigenvalue weighted by Crippen LogP contribution is 2.34. The third kappa shape index (κ3) is 2.62. The van der Waals surface area contributed by atoms with Gasteiger partial charge in [0.2, 0.25) is 0 Å². The van der Waals surface area contributed by atoms with Crippen molar-refractivity contribution in [3.63, 3.8) is 0 Å². The largest absolute Gasteiger partial charge is 0.493 e. The number of rotatable bonds is 4. The van der Waals surface area contributed by atoms with Crippen LogP contribution in [0.5, 0.6) is 11.5 Å². The summed E-state index contributed by atoms with van der Waals surface area (Å²) in [5.74, 6) is 0.674. The van der Waals surface area contributed by atoms with Crippen LogP contribution >= 0.6 is 0 Å². The molecule has 0 saturated heterocycles. The zero-order valence-corrected chi connectivity index (χ0v) is 10.6. The number of benzene rings is 1. The summed E-state index contributed by atoms with van der Waals surface area (Å²) in [6.45, 7) is 0. The minimum absolute atomic E-state index is 0.312. The van der Waals surface area contributed by atoms with E-state index in [9.17, 15) is 4.79 Å². The number of nitrogens with two attached hydrogens (primary N) is 1. The topological polar surface area (TPSA) is 86.7 Å². The summed E-state index contributed by atoms with van der Waals surface area (Å²) in [5, 5.41) is 2.68. The molecule has 0 aliphatic rings. The molecule has 0 spiro atoms. The third-order valence-electron chi connectivity index (χ3n) is 2.59. The Balaban J connectivity index is 2.28. The van der Waals surface area contributed by atoms with E-state index in [0.29, 0.717) is 28.4 Å². The second-order valence-electron chi connectivity index (χ2n) is 3.76. The molecule has 0 atom stereocenters. The first-order chi connectivity index (χ1) is 9.15. The van der Waals surface area contributed by atoms with E-state index in [2.05, 4.69) is 5.32 Å². The number of nitrogens with one attached hydrogen (secondary N) is 1. The van der Waals surface area contributed by atoms with Crippen LogP contribution in [0.25, 0.3) is 0 Å². The van der Waals surface area contributed by atoms with Crippen molar-refractivity contribution < 1.29 is 18.7 Å². The average molecular weight is 262 g/mol. The Labute approximate surface area is 110 Å². The molecule has 1 amide bonds. The first-order valence-corrected chi connectivity index (χ1v) is 5.50. The van der Waals surface area contributed by atoms with Crippen molar-refractivity contribution in [1.29, 1.82) is 0 Å². The normalized spacial score (nSPS) is 10.0. The van der Waals surface area contributed by atoms with Crippen LogP contribution in [-0.4, -0.2) is 20.1 Å². The molecule has 1 aromatic carbocycles. The molecule has 2 rings (SSSR count). The van der Waals surface area contributed by atoms with Crippen molar-refractivity contribution in [3.05, 3.63) is 36.3 Å². The van der Waals surface area contributed by atoms with Gasteiger partial charge in [-0.15, -0.1) is 0 Å². The van der Waals surface area contributed by atoms with Crippen LogP contribution < -0.4 is 20.5 Å². The summed E-state index contributed by atoms with van der Waals surface area (Å²) >= 11 is 0. The van der Waals surface area contributed by atoms with Gasteiger partial charge < -0.3 is 24.9 Å². The van der Waals surface area contributed by atoms with Gasteiger partial charge in [-0.1, -0.05) is 0 Å². The molecule has 19 heavy (non-hydrogen) atoms. The van der Waals surface area contributed by atoms with Crippen LogP contribution in [-0.2, 0) is 0 Å². The highest BCUT2D eigenvalue weighted by molar-refractivity contribution is 6.05. The molecule has 0 unspecified atom stereocenters. The molecular weight excluding hydrogens is 248 g/mol. The van der Waals surface area contributed by atoms with Gasteiger partial charge in [-0.05, 0) is 6.07 Å². The van der Waals surface area contributed by atoms with E-state index in [4.69, 9.17) is 19.6 Å². The van der Waals surface area contributed by atoms with Crippen LogP contribution in [0.4, 0.5) is 11.4 Å². The predicted octanol–water partition coefficient (Wildman–Crippen LogP) is 2.13. The molecule has 0 radical (unpaired) electrons. The maximum Gasteiger partial charge on any atom is 0.258 e. The number of furan rings is 1. The zero-order valence-electron chi connectivity index (χ0n) is 10.6. The summed E-state index contributed by atoms with van der Waals surface area (Å²) in [6.07, 6.45) is 2.78. The maximum atomic E-state index is 11.9. The molecule has 1 aromatic heterocycles. The van der Waals surface area contributed by atoms with Crippen molar-refractivity contribution in [2.75, 3.05) is 25.3 Å². The number of carbonyl (C=O) groups excluding carboxylic acids is 1. The van der Waals surface area contributed by atoms with Crippen molar-refractivity contribution in [3.8, 4) is 11.5 Å². The van der Waals surface area contributed by atoms with E-state index >= 15 is 0 Å². The van der Waals surface area contributed by atoms with E-state index in [1.165, 1.54) is 26.7 Å². The van der Waals surface area contributed by atoms with Gasteiger partial charge in [0.25, 0.3) is 5.91 Å². The number of carbonyl (C=O) groups is 1. The molecule has 0 fully saturated rings. The molecule has 2 aromatic rings. The van der Waals surface area contributed by atoms with Gasteiger partial charge in [0.05, 0.1) is 37.4 Å². The smallest absolute Gasteiger partial charge is 0.258 e. The molecule has 100 valence electrons. The lowest BCUT2D eigenvalue weighted by Gasteiger charge is -2.12. The molecule has 1 heterocycles. The highest BCUT2D eigenvalue weighted by Gasteiger charge is 2.13. The van der Waals surface area contributed by atoms with E-state index in [1.807, 2.05) is 0 Å². The Bertz CT molecular complexity index is 579. The summed E-state index contributed by atoms with van der Waals surface area (Å²) in [6, 6.07) is 4.75. The Kier molecular flexibility index (Phi) is 3.61. The van der Waals surface area contributed by atoms with Crippen molar-refractivity contribution in [2.45, 2.75) is 0 Å². The molecule has 3 N–H and O–H groups in total. The number of amides is 1. The monoisotopic (exact) mass is 262 g/mol. The van der Waals surface area contributed by atoms with Crippen molar-refractivity contribution >= 4 is 17.3 Å². The number of methoxy groups -OCH3 is 2. The SMILES string of the molecule is COc1cc(N)c(NC(=O)c2ccoc2)cc1OC. The lowest BCUT2D eigenvalue weighted by molar-refractivity contribution is 0.102. The van der Waals surface area contributed by atoms with Gasteiger partial charge in [-0.25, -0.2) is 0 Å². The fraction of sp³-hybridized carbons (Fsp3) is 0.154. The number of anilines is 2. The second kappa shape index (κ2) is 5.34. The van der Waals surface area contributed by atoms with Crippen molar-refractivity contribution in [2.24, 2.45) is 0 Å². The van der Waals surface area contributed by atoms with E-state index in [0.717, 1.165) is 0 Å². The Morgan fingerprint density at radius 3 is 2.53 bits per heavy atom. The molecule has 0 aliphatic carbocycles. The van der Waals surface area contributed by atoms with Gasteiger partial charge in [-0.2, -0.15) is 0 Å². The lowest BCUT2D eigenvalue weighted by Crippen LogP contribution is -2.12. The number of nitrogen functional groups attached to an aromatic ring is 1.